The zero-order chi connectivity index (χ0) is 22.1. The maximum Gasteiger partial charge on any atom is 0.269 e. The Morgan fingerprint density at radius 3 is 2.35 bits per heavy atom. The standard InChI is InChI=1S/C21H21ClN4O5/c1-31-19-7-2-14(22)12-17(19)25-20(27)13-18(21(25)28)24-10-8-23(9-11-24)15-3-5-16(6-4-15)26(29)30/h2-7,12,18H,8-11,13H2,1H3/t18-/m0/s1. The monoisotopic (exact) mass is 444 g/mol. The number of piperazine rings is 1. The van der Waals surface area contributed by atoms with Crippen LogP contribution in [0.25, 0.3) is 0 Å². The van der Waals surface area contributed by atoms with Crippen molar-refractivity contribution in [3.8, 4) is 5.75 Å². The van der Waals surface area contributed by atoms with Crippen molar-refractivity contribution in [2.75, 3.05) is 43.1 Å². The molecule has 0 aliphatic carbocycles. The zero-order valence-electron chi connectivity index (χ0n) is 16.9. The van der Waals surface area contributed by atoms with Crippen molar-refractivity contribution in [2.45, 2.75) is 12.5 Å². The number of amides is 2. The van der Waals surface area contributed by atoms with Crippen LogP contribution in [0.3, 0.4) is 0 Å². The summed E-state index contributed by atoms with van der Waals surface area (Å²) in [5.74, 6) is -0.155. The number of carbonyl (C=O) groups excluding carboxylic acids is 2. The molecule has 4 rings (SSSR count). The molecule has 0 aromatic heterocycles. The summed E-state index contributed by atoms with van der Waals surface area (Å²) >= 11 is 6.08. The normalized spacial score (nSPS) is 19.7. The summed E-state index contributed by atoms with van der Waals surface area (Å²) in [7, 11) is 1.48. The molecule has 0 bridgehead atoms. The minimum Gasteiger partial charge on any atom is -0.495 e. The van der Waals surface area contributed by atoms with Crippen molar-refractivity contribution in [1.29, 1.82) is 0 Å². The fraction of sp³-hybridized carbons (Fsp3) is 0.333. The Morgan fingerprint density at radius 1 is 1.06 bits per heavy atom. The lowest BCUT2D eigenvalue weighted by atomic mass is 10.1. The third-order valence-electron chi connectivity index (χ3n) is 5.69. The van der Waals surface area contributed by atoms with Crippen molar-refractivity contribution >= 4 is 40.5 Å². The third-order valence-corrected chi connectivity index (χ3v) is 5.92. The topological polar surface area (TPSA) is 96.2 Å². The molecule has 0 N–H and O–H groups in total. The lowest BCUT2D eigenvalue weighted by molar-refractivity contribution is -0.384. The van der Waals surface area contributed by atoms with Crippen LogP contribution in [0.15, 0.2) is 42.5 Å². The van der Waals surface area contributed by atoms with Crippen molar-refractivity contribution in [1.82, 2.24) is 4.90 Å². The van der Waals surface area contributed by atoms with Crippen LogP contribution in [-0.2, 0) is 9.59 Å². The van der Waals surface area contributed by atoms with Crippen LogP contribution in [0.4, 0.5) is 17.1 Å². The molecule has 2 saturated heterocycles. The summed E-state index contributed by atoms with van der Waals surface area (Å²) in [5, 5.41) is 11.2. The van der Waals surface area contributed by atoms with E-state index in [2.05, 4.69) is 4.90 Å². The van der Waals surface area contributed by atoms with Gasteiger partial charge in [0.2, 0.25) is 5.91 Å². The van der Waals surface area contributed by atoms with Crippen molar-refractivity contribution in [3.05, 3.63) is 57.6 Å². The number of benzene rings is 2. The highest BCUT2D eigenvalue weighted by molar-refractivity contribution is 6.31. The molecule has 0 spiro atoms. The molecule has 2 heterocycles. The molecular formula is C21H21ClN4O5. The first-order valence-corrected chi connectivity index (χ1v) is 10.2. The quantitative estimate of drug-likeness (QED) is 0.397. The van der Waals surface area contributed by atoms with Gasteiger partial charge in [0.15, 0.2) is 0 Å². The molecule has 10 heteroatoms. The highest BCUT2D eigenvalue weighted by Crippen LogP contribution is 2.35. The van der Waals surface area contributed by atoms with E-state index in [1.807, 2.05) is 4.90 Å². The SMILES string of the molecule is COc1ccc(Cl)cc1N1C(=O)C[C@H](N2CCN(c3ccc([N+](=O)[O-])cc3)CC2)C1=O. The number of non-ortho nitro benzene ring substituents is 1. The largest absolute Gasteiger partial charge is 0.495 e. The van der Waals surface area contributed by atoms with Gasteiger partial charge in [0.05, 0.1) is 30.2 Å². The molecule has 2 aliphatic rings. The molecule has 0 unspecified atom stereocenters. The molecule has 31 heavy (non-hydrogen) atoms. The van der Waals surface area contributed by atoms with Crippen molar-refractivity contribution in [2.24, 2.45) is 0 Å². The van der Waals surface area contributed by atoms with E-state index in [1.165, 1.54) is 19.2 Å². The Hall–Kier alpha value is -3.17. The predicted octanol–water partition coefficient (Wildman–Crippen LogP) is 2.71. The number of methoxy groups -OCH3 is 1. The number of carbonyl (C=O) groups is 2. The molecule has 0 saturated carbocycles. The minimum atomic E-state index is -0.532. The second kappa shape index (κ2) is 8.52. The fourth-order valence-electron chi connectivity index (χ4n) is 4.07. The molecule has 2 aromatic rings. The van der Waals surface area contributed by atoms with Crippen molar-refractivity contribution in [3.63, 3.8) is 0 Å². The van der Waals surface area contributed by atoms with Gasteiger partial charge in [0, 0.05) is 49.0 Å². The van der Waals surface area contributed by atoms with E-state index in [4.69, 9.17) is 16.3 Å². The van der Waals surface area contributed by atoms with Gasteiger partial charge in [-0.05, 0) is 30.3 Å². The second-order valence-corrected chi connectivity index (χ2v) is 7.84. The van der Waals surface area contributed by atoms with Gasteiger partial charge in [-0.3, -0.25) is 24.6 Å². The van der Waals surface area contributed by atoms with E-state index < -0.39 is 11.0 Å². The van der Waals surface area contributed by atoms with Gasteiger partial charge < -0.3 is 9.64 Å². The Balaban J connectivity index is 1.45. The molecule has 2 amide bonds. The van der Waals surface area contributed by atoms with Crippen LogP contribution >= 0.6 is 11.6 Å². The van der Waals surface area contributed by atoms with Crippen LogP contribution in [0.1, 0.15) is 6.42 Å². The maximum atomic E-state index is 13.1. The smallest absolute Gasteiger partial charge is 0.269 e. The second-order valence-electron chi connectivity index (χ2n) is 7.40. The van der Waals surface area contributed by atoms with E-state index in [-0.39, 0.29) is 23.9 Å². The van der Waals surface area contributed by atoms with E-state index in [0.29, 0.717) is 42.6 Å². The number of hydrogen-bond donors (Lipinski definition) is 0. The van der Waals surface area contributed by atoms with Gasteiger partial charge in [0.25, 0.3) is 11.6 Å². The molecule has 2 fully saturated rings. The van der Waals surface area contributed by atoms with E-state index in [1.54, 1.807) is 30.3 Å². The summed E-state index contributed by atoms with van der Waals surface area (Å²) in [6.45, 7) is 2.49. The number of nitrogens with zero attached hydrogens (tertiary/aromatic N) is 4. The number of hydrogen-bond acceptors (Lipinski definition) is 7. The Morgan fingerprint density at radius 2 is 1.74 bits per heavy atom. The first-order chi connectivity index (χ1) is 14.9. The van der Waals surface area contributed by atoms with E-state index >= 15 is 0 Å². The molecule has 2 aliphatic heterocycles. The molecular weight excluding hydrogens is 424 g/mol. The Labute approximate surface area is 183 Å². The van der Waals surface area contributed by atoms with Gasteiger partial charge in [-0.1, -0.05) is 11.6 Å². The summed E-state index contributed by atoms with van der Waals surface area (Å²) in [5.41, 5.74) is 1.30. The predicted molar refractivity (Wildman–Crippen MR) is 116 cm³/mol. The van der Waals surface area contributed by atoms with Crippen LogP contribution in [0, 0.1) is 10.1 Å². The number of ether oxygens (including phenoxy) is 1. The lowest BCUT2D eigenvalue weighted by Crippen LogP contribution is -2.52. The Bertz CT molecular complexity index is 1020. The number of anilines is 2. The van der Waals surface area contributed by atoms with E-state index in [9.17, 15) is 19.7 Å². The van der Waals surface area contributed by atoms with Crippen LogP contribution in [0.5, 0.6) is 5.75 Å². The Kier molecular flexibility index (Phi) is 5.79. The van der Waals surface area contributed by atoms with Gasteiger partial charge >= 0.3 is 0 Å². The van der Waals surface area contributed by atoms with Crippen LogP contribution < -0.4 is 14.5 Å². The minimum absolute atomic E-state index is 0.0500. The highest BCUT2D eigenvalue weighted by Gasteiger charge is 2.44. The lowest BCUT2D eigenvalue weighted by Gasteiger charge is -2.38. The summed E-state index contributed by atoms with van der Waals surface area (Å²) < 4.78 is 5.31. The molecule has 2 aromatic carbocycles. The van der Waals surface area contributed by atoms with Crippen LogP contribution in [0.2, 0.25) is 5.02 Å². The zero-order valence-corrected chi connectivity index (χ0v) is 17.6. The average molecular weight is 445 g/mol. The summed E-state index contributed by atoms with van der Waals surface area (Å²) in [6.07, 6.45) is 0.103. The number of imide groups is 1. The number of nitro benzene ring substituents is 1. The van der Waals surface area contributed by atoms with Gasteiger partial charge in [-0.25, -0.2) is 4.90 Å². The summed E-state index contributed by atoms with van der Waals surface area (Å²) in [6, 6.07) is 10.7. The number of rotatable bonds is 5. The molecule has 9 nitrogen and oxygen atoms in total. The average Bonchev–Trinajstić information content (AvgIpc) is 3.07. The third kappa shape index (κ3) is 4.06. The van der Waals surface area contributed by atoms with E-state index in [0.717, 1.165) is 10.6 Å². The molecule has 162 valence electrons. The fourth-order valence-corrected chi connectivity index (χ4v) is 4.24. The van der Waals surface area contributed by atoms with Crippen molar-refractivity contribution < 1.29 is 19.2 Å². The first kappa shape index (κ1) is 21.1. The van der Waals surface area contributed by atoms with Crippen LogP contribution in [-0.4, -0.2) is 61.0 Å². The molecule has 0 radical (unpaired) electrons. The highest BCUT2D eigenvalue weighted by atomic mass is 35.5. The van der Waals surface area contributed by atoms with Gasteiger partial charge in [-0.15, -0.1) is 0 Å². The number of nitro groups is 1. The van der Waals surface area contributed by atoms with Gasteiger partial charge in [-0.2, -0.15) is 0 Å². The number of halogens is 1. The molecule has 1 atom stereocenters. The maximum absolute atomic E-state index is 13.1. The van der Waals surface area contributed by atoms with Gasteiger partial charge in [0.1, 0.15) is 5.75 Å². The summed E-state index contributed by atoms with van der Waals surface area (Å²) in [4.78, 5) is 41.5. The first-order valence-electron chi connectivity index (χ1n) is 9.83.